The van der Waals surface area contributed by atoms with E-state index in [4.69, 9.17) is 9.97 Å². The van der Waals surface area contributed by atoms with Crippen LogP contribution in [0.2, 0.25) is 0 Å². The van der Waals surface area contributed by atoms with Gasteiger partial charge in [0.25, 0.3) is 0 Å². The highest BCUT2D eigenvalue weighted by Crippen LogP contribution is 2.32. The smallest absolute Gasteiger partial charge is 0.227 e. The van der Waals surface area contributed by atoms with Crippen LogP contribution >= 0.6 is 0 Å². The van der Waals surface area contributed by atoms with Crippen molar-refractivity contribution in [2.45, 2.75) is 44.8 Å². The number of hydrogen-bond donors (Lipinski definition) is 0. The lowest BCUT2D eigenvalue weighted by molar-refractivity contribution is 0.133. The van der Waals surface area contributed by atoms with E-state index in [1.54, 1.807) is 0 Å². The van der Waals surface area contributed by atoms with E-state index in [0.29, 0.717) is 6.04 Å². The lowest BCUT2D eigenvalue weighted by Crippen LogP contribution is -2.55. The van der Waals surface area contributed by atoms with Gasteiger partial charge in [-0.25, -0.2) is 4.98 Å². The molecule has 0 aliphatic carbocycles. The fourth-order valence-corrected chi connectivity index (χ4v) is 5.23. The topological polar surface area (TPSA) is 38.7 Å². The molecule has 0 saturated carbocycles. The van der Waals surface area contributed by atoms with Gasteiger partial charge in [0, 0.05) is 71.4 Å². The normalized spacial score (nSPS) is 22.5. The van der Waals surface area contributed by atoms with Gasteiger partial charge in [0.05, 0.1) is 5.69 Å². The number of fused-ring (bicyclic) bond motifs is 2. The average molecular weight is 407 g/mol. The molecule has 160 valence electrons. The summed E-state index contributed by atoms with van der Waals surface area (Å²) in [6.45, 7) is 7.61. The van der Waals surface area contributed by atoms with Gasteiger partial charge in [0.2, 0.25) is 5.95 Å². The molecule has 30 heavy (non-hydrogen) atoms. The molecule has 1 aromatic heterocycles. The molecule has 0 bridgehead atoms. The predicted molar refractivity (Wildman–Crippen MR) is 122 cm³/mol. The fraction of sp³-hybridized carbons (Fsp3) is 0.583. The van der Waals surface area contributed by atoms with E-state index >= 15 is 0 Å². The van der Waals surface area contributed by atoms with Crippen molar-refractivity contribution in [2.75, 3.05) is 56.6 Å². The lowest BCUT2D eigenvalue weighted by Gasteiger charge is -2.45. The molecule has 2 aromatic rings. The Morgan fingerprint density at radius 3 is 2.70 bits per heavy atom. The first-order chi connectivity index (χ1) is 14.7. The van der Waals surface area contributed by atoms with Crippen LogP contribution in [0.15, 0.2) is 30.3 Å². The zero-order valence-corrected chi connectivity index (χ0v) is 18.4. The van der Waals surface area contributed by atoms with E-state index in [-0.39, 0.29) is 0 Å². The first-order valence-corrected chi connectivity index (χ1v) is 11.5. The number of nitrogens with zero attached hydrogens (tertiary/aromatic N) is 6. The van der Waals surface area contributed by atoms with Crippen LogP contribution in [-0.4, -0.2) is 72.6 Å². The van der Waals surface area contributed by atoms with Crippen LogP contribution in [0.1, 0.15) is 36.1 Å². The highest BCUT2D eigenvalue weighted by atomic mass is 15.3. The Morgan fingerprint density at radius 2 is 1.87 bits per heavy atom. The highest BCUT2D eigenvalue weighted by molar-refractivity contribution is 5.54. The van der Waals surface area contributed by atoms with Gasteiger partial charge in [0.1, 0.15) is 5.82 Å². The summed E-state index contributed by atoms with van der Waals surface area (Å²) in [6.07, 6.45) is 5.05. The van der Waals surface area contributed by atoms with Gasteiger partial charge in [-0.15, -0.1) is 0 Å². The summed E-state index contributed by atoms with van der Waals surface area (Å²) in [5, 5.41) is 0. The van der Waals surface area contributed by atoms with Crippen molar-refractivity contribution in [1.82, 2.24) is 19.8 Å². The predicted octanol–water partition coefficient (Wildman–Crippen LogP) is 2.78. The van der Waals surface area contributed by atoms with Crippen molar-refractivity contribution >= 4 is 11.8 Å². The van der Waals surface area contributed by atoms with Crippen molar-refractivity contribution < 1.29 is 0 Å². The number of piperidine rings is 1. The van der Waals surface area contributed by atoms with E-state index in [9.17, 15) is 0 Å². The van der Waals surface area contributed by atoms with Crippen LogP contribution in [0.4, 0.5) is 11.8 Å². The second-order valence-corrected chi connectivity index (χ2v) is 9.24. The monoisotopic (exact) mass is 406 g/mol. The maximum atomic E-state index is 5.08. The zero-order valence-electron chi connectivity index (χ0n) is 18.4. The molecule has 1 aromatic carbocycles. The molecule has 0 N–H and O–H groups in total. The molecular weight excluding hydrogens is 372 g/mol. The van der Waals surface area contributed by atoms with Gasteiger partial charge in [-0.05, 0) is 24.9 Å². The van der Waals surface area contributed by atoms with E-state index in [2.05, 4.69) is 64.0 Å². The summed E-state index contributed by atoms with van der Waals surface area (Å²) in [4.78, 5) is 19.9. The average Bonchev–Trinajstić information content (AvgIpc) is 2.78. The molecule has 6 heteroatoms. The van der Waals surface area contributed by atoms with E-state index < -0.39 is 0 Å². The molecule has 0 amide bonds. The van der Waals surface area contributed by atoms with Gasteiger partial charge in [0.15, 0.2) is 0 Å². The molecule has 1 unspecified atom stereocenters. The Kier molecular flexibility index (Phi) is 5.61. The summed E-state index contributed by atoms with van der Waals surface area (Å²) in [7, 11) is 4.10. The van der Waals surface area contributed by atoms with Gasteiger partial charge < -0.3 is 9.80 Å². The molecule has 2 fully saturated rings. The van der Waals surface area contributed by atoms with Gasteiger partial charge in [-0.2, -0.15) is 4.98 Å². The summed E-state index contributed by atoms with van der Waals surface area (Å²) >= 11 is 0. The highest BCUT2D eigenvalue weighted by Gasteiger charge is 2.32. The Bertz CT molecular complexity index is 867. The minimum Gasteiger partial charge on any atom is -0.353 e. The summed E-state index contributed by atoms with van der Waals surface area (Å²) in [6, 6.07) is 11.5. The van der Waals surface area contributed by atoms with Gasteiger partial charge in [-0.3, -0.25) is 9.80 Å². The van der Waals surface area contributed by atoms with Crippen molar-refractivity contribution in [1.29, 1.82) is 0 Å². The summed E-state index contributed by atoms with van der Waals surface area (Å²) in [5.74, 6) is 2.04. The van der Waals surface area contributed by atoms with Crippen molar-refractivity contribution in [3.8, 4) is 0 Å². The van der Waals surface area contributed by atoms with Gasteiger partial charge in [-0.1, -0.05) is 36.8 Å². The first-order valence-electron chi connectivity index (χ1n) is 11.5. The molecule has 3 aliphatic rings. The number of anilines is 2. The summed E-state index contributed by atoms with van der Waals surface area (Å²) in [5.41, 5.74) is 3.98. The molecule has 4 heterocycles. The first kappa shape index (κ1) is 19.8. The number of aromatic nitrogens is 2. The molecular formula is C24H34N6. The van der Waals surface area contributed by atoms with Crippen molar-refractivity contribution in [3.05, 3.63) is 47.2 Å². The van der Waals surface area contributed by atoms with E-state index in [1.165, 1.54) is 48.4 Å². The third-order valence-corrected chi connectivity index (χ3v) is 6.89. The van der Waals surface area contributed by atoms with Crippen LogP contribution in [-0.2, 0) is 19.5 Å². The molecule has 1 atom stereocenters. The van der Waals surface area contributed by atoms with Crippen LogP contribution in [0.3, 0.4) is 0 Å². The Labute approximate surface area is 180 Å². The van der Waals surface area contributed by atoms with Crippen LogP contribution < -0.4 is 9.80 Å². The number of rotatable bonds is 4. The maximum absolute atomic E-state index is 5.08. The Morgan fingerprint density at radius 1 is 1.00 bits per heavy atom. The van der Waals surface area contributed by atoms with E-state index in [0.717, 1.165) is 51.6 Å². The third-order valence-electron chi connectivity index (χ3n) is 6.89. The SMILES string of the molecule is CN(C)c1nc2c(c(N3CCN4CCCCC4C3)n1)CN(Cc1ccccc1)CC2. The number of piperazine rings is 1. The standard InChI is InChI=1S/C24H34N6/c1-27(2)24-25-22-11-13-28(16-19-8-4-3-5-9-19)18-21(22)23(26-24)30-15-14-29-12-7-6-10-20(29)17-30/h3-5,8-9,20H,6-7,10-18H2,1-2H3. The molecule has 6 nitrogen and oxygen atoms in total. The quantitative estimate of drug-likeness (QED) is 0.778. The van der Waals surface area contributed by atoms with Crippen molar-refractivity contribution in [2.24, 2.45) is 0 Å². The van der Waals surface area contributed by atoms with Crippen molar-refractivity contribution in [3.63, 3.8) is 0 Å². The lowest BCUT2D eigenvalue weighted by atomic mass is 9.98. The summed E-state index contributed by atoms with van der Waals surface area (Å²) < 4.78 is 0. The molecule has 0 spiro atoms. The second-order valence-electron chi connectivity index (χ2n) is 9.24. The third kappa shape index (κ3) is 4.03. The van der Waals surface area contributed by atoms with Gasteiger partial charge >= 0.3 is 0 Å². The van der Waals surface area contributed by atoms with Crippen LogP contribution in [0.25, 0.3) is 0 Å². The minimum absolute atomic E-state index is 0.685. The van der Waals surface area contributed by atoms with E-state index in [1.807, 2.05) is 0 Å². The van der Waals surface area contributed by atoms with Crippen LogP contribution in [0, 0.1) is 0 Å². The molecule has 0 radical (unpaired) electrons. The Hall–Kier alpha value is -2.18. The molecule has 3 aliphatic heterocycles. The molecule has 5 rings (SSSR count). The molecule has 2 saturated heterocycles. The number of benzene rings is 1. The fourth-order valence-electron chi connectivity index (χ4n) is 5.23. The zero-order chi connectivity index (χ0) is 20.5. The largest absolute Gasteiger partial charge is 0.353 e. The maximum Gasteiger partial charge on any atom is 0.227 e. The number of hydrogen-bond acceptors (Lipinski definition) is 6. The minimum atomic E-state index is 0.685. The Balaban J connectivity index is 1.42. The second kappa shape index (κ2) is 8.52. The van der Waals surface area contributed by atoms with Crippen LogP contribution in [0.5, 0.6) is 0 Å².